The number of hydrogen-bond donors (Lipinski definition) is 2. The second-order valence-electron chi connectivity index (χ2n) is 6.68. The first-order valence-electron chi connectivity index (χ1n) is 9.75. The molecule has 1 amide bonds. The van der Waals surface area contributed by atoms with Crippen molar-refractivity contribution >= 4 is 48.7 Å². The SMILES string of the molecule is CCN(CC)S(=O)(=O)c1ccc(NC(=O)c2ccc(NS(=O)(=O)c3cccs3)cc2)cc1. The van der Waals surface area contributed by atoms with Gasteiger partial charge in [0.2, 0.25) is 10.0 Å². The number of rotatable bonds is 9. The summed E-state index contributed by atoms with van der Waals surface area (Å²) in [6.45, 7) is 4.29. The third-order valence-corrected chi connectivity index (χ3v) is 9.46. The first kappa shape index (κ1) is 23.9. The van der Waals surface area contributed by atoms with Crippen LogP contribution in [0.3, 0.4) is 0 Å². The summed E-state index contributed by atoms with van der Waals surface area (Å²) in [4.78, 5) is 12.7. The highest BCUT2D eigenvalue weighted by Crippen LogP contribution is 2.22. The Kier molecular flexibility index (Phi) is 7.34. The lowest BCUT2D eigenvalue weighted by Crippen LogP contribution is -2.30. The van der Waals surface area contributed by atoms with Crippen LogP contribution in [0.5, 0.6) is 0 Å². The second-order valence-corrected chi connectivity index (χ2v) is 11.5. The highest BCUT2D eigenvalue weighted by atomic mass is 32.2. The topological polar surface area (TPSA) is 113 Å². The fourth-order valence-corrected chi connectivity index (χ4v) is 6.45. The molecule has 3 rings (SSSR count). The van der Waals surface area contributed by atoms with Gasteiger partial charge in [-0.3, -0.25) is 9.52 Å². The number of nitrogens with zero attached hydrogens (tertiary/aromatic N) is 1. The van der Waals surface area contributed by atoms with Gasteiger partial charge < -0.3 is 5.32 Å². The third kappa shape index (κ3) is 5.36. The van der Waals surface area contributed by atoms with Crippen molar-refractivity contribution in [3.8, 4) is 0 Å². The van der Waals surface area contributed by atoms with Crippen LogP contribution in [0.4, 0.5) is 11.4 Å². The minimum absolute atomic E-state index is 0.154. The van der Waals surface area contributed by atoms with E-state index in [1.54, 1.807) is 25.3 Å². The average Bonchev–Trinajstić information content (AvgIpc) is 3.31. The van der Waals surface area contributed by atoms with Gasteiger partial charge in [-0.25, -0.2) is 16.8 Å². The van der Waals surface area contributed by atoms with Gasteiger partial charge >= 0.3 is 0 Å². The van der Waals surface area contributed by atoms with Crippen LogP contribution in [0.2, 0.25) is 0 Å². The second kappa shape index (κ2) is 9.82. The smallest absolute Gasteiger partial charge is 0.271 e. The highest BCUT2D eigenvalue weighted by Gasteiger charge is 2.21. The molecule has 0 aliphatic rings. The quantitative estimate of drug-likeness (QED) is 0.470. The molecule has 0 aliphatic heterocycles. The Morgan fingerprint density at radius 2 is 1.47 bits per heavy atom. The van der Waals surface area contributed by atoms with Crippen molar-refractivity contribution in [3.63, 3.8) is 0 Å². The number of carbonyl (C=O) groups is 1. The van der Waals surface area contributed by atoms with Crippen LogP contribution in [0.15, 0.2) is 75.1 Å². The molecule has 170 valence electrons. The van der Waals surface area contributed by atoms with Crippen molar-refractivity contribution in [1.29, 1.82) is 0 Å². The Balaban J connectivity index is 1.67. The van der Waals surface area contributed by atoms with Gasteiger partial charge in [-0.1, -0.05) is 19.9 Å². The Bertz CT molecular complexity index is 1270. The molecule has 0 radical (unpaired) electrons. The van der Waals surface area contributed by atoms with E-state index in [0.29, 0.717) is 30.0 Å². The van der Waals surface area contributed by atoms with Crippen molar-refractivity contribution in [2.75, 3.05) is 23.1 Å². The number of benzene rings is 2. The van der Waals surface area contributed by atoms with Gasteiger partial charge in [0.05, 0.1) is 4.90 Å². The van der Waals surface area contributed by atoms with E-state index in [2.05, 4.69) is 10.0 Å². The maximum atomic E-state index is 12.5. The van der Waals surface area contributed by atoms with Crippen molar-refractivity contribution in [3.05, 3.63) is 71.6 Å². The minimum Gasteiger partial charge on any atom is -0.322 e. The normalized spacial score (nSPS) is 12.0. The summed E-state index contributed by atoms with van der Waals surface area (Å²) in [5.74, 6) is -0.406. The molecule has 3 aromatic rings. The minimum atomic E-state index is -3.66. The summed E-state index contributed by atoms with van der Waals surface area (Å²) >= 11 is 1.11. The molecule has 0 unspecified atom stereocenters. The first-order valence-corrected chi connectivity index (χ1v) is 13.6. The number of carbonyl (C=O) groups excluding carboxylic acids is 1. The molecule has 2 aromatic carbocycles. The van der Waals surface area contributed by atoms with E-state index in [0.717, 1.165) is 11.3 Å². The standard InChI is InChI=1S/C21H23N3O5S3/c1-3-24(4-2)32(28,29)19-13-11-17(12-14-19)22-21(25)16-7-9-18(10-8-16)23-31(26,27)20-6-5-15-30-20/h5-15,23H,3-4H2,1-2H3,(H,22,25). The van der Waals surface area contributed by atoms with E-state index in [9.17, 15) is 21.6 Å². The van der Waals surface area contributed by atoms with E-state index < -0.39 is 26.0 Å². The van der Waals surface area contributed by atoms with Crippen molar-refractivity contribution < 1.29 is 21.6 Å². The fourth-order valence-electron chi connectivity index (χ4n) is 2.94. The molecule has 0 saturated carbocycles. The van der Waals surface area contributed by atoms with Crippen LogP contribution in [0.1, 0.15) is 24.2 Å². The van der Waals surface area contributed by atoms with Crippen molar-refractivity contribution in [2.45, 2.75) is 23.0 Å². The zero-order valence-corrected chi connectivity index (χ0v) is 19.9. The number of thiophene rings is 1. The molecule has 0 atom stereocenters. The molecule has 0 bridgehead atoms. The average molecular weight is 494 g/mol. The molecule has 2 N–H and O–H groups in total. The lowest BCUT2D eigenvalue weighted by molar-refractivity contribution is 0.102. The van der Waals surface area contributed by atoms with Crippen LogP contribution in [0.25, 0.3) is 0 Å². The van der Waals surface area contributed by atoms with Gasteiger partial charge in [-0.2, -0.15) is 4.31 Å². The van der Waals surface area contributed by atoms with E-state index >= 15 is 0 Å². The summed E-state index contributed by atoms with van der Waals surface area (Å²) in [5, 5.41) is 4.37. The number of hydrogen-bond acceptors (Lipinski definition) is 6. The Labute approximate surface area is 192 Å². The molecule has 0 aliphatic carbocycles. The van der Waals surface area contributed by atoms with Crippen LogP contribution in [-0.4, -0.2) is 40.1 Å². The van der Waals surface area contributed by atoms with Crippen LogP contribution >= 0.6 is 11.3 Å². The Morgan fingerprint density at radius 3 is 2.00 bits per heavy atom. The Hall–Kier alpha value is -2.73. The monoisotopic (exact) mass is 493 g/mol. The molecule has 11 heteroatoms. The van der Waals surface area contributed by atoms with Gasteiger partial charge in [0.1, 0.15) is 4.21 Å². The number of anilines is 2. The van der Waals surface area contributed by atoms with Gasteiger partial charge in [0.15, 0.2) is 0 Å². The van der Waals surface area contributed by atoms with E-state index in [4.69, 9.17) is 0 Å². The fraction of sp³-hybridized carbons (Fsp3) is 0.190. The Morgan fingerprint density at radius 1 is 0.875 bits per heavy atom. The van der Waals surface area contributed by atoms with Crippen LogP contribution < -0.4 is 10.0 Å². The number of sulfonamides is 2. The predicted molar refractivity (Wildman–Crippen MR) is 126 cm³/mol. The predicted octanol–water partition coefficient (Wildman–Crippen LogP) is 3.83. The lowest BCUT2D eigenvalue weighted by Gasteiger charge is -2.18. The summed E-state index contributed by atoms with van der Waals surface area (Å²) in [6, 6.07) is 15.1. The zero-order valence-electron chi connectivity index (χ0n) is 17.5. The molecule has 0 saturated heterocycles. The van der Waals surface area contributed by atoms with E-state index in [1.807, 2.05) is 0 Å². The van der Waals surface area contributed by atoms with E-state index in [1.165, 1.54) is 58.9 Å². The summed E-state index contributed by atoms with van der Waals surface area (Å²) < 4.78 is 53.7. The first-order chi connectivity index (χ1) is 15.2. The molecule has 0 spiro atoms. The van der Waals surface area contributed by atoms with Crippen LogP contribution in [0, 0.1) is 0 Å². The molecular formula is C21H23N3O5S3. The molecule has 8 nitrogen and oxygen atoms in total. The van der Waals surface area contributed by atoms with Gasteiger partial charge in [0.25, 0.3) is 15.9 Å². The molecule has 0 fully saturated rings. The van der Waals surface area contributed by atoms with E-state index in [-0.39, 0.29) is 9.10 Å². The van der Waals surface area contributed by atoms with Crippen LogP contribution in [-0.2, 0) is 20.0 Å². The molecule has 1 heterocycles. The summed E-state index contributed by atoms with van der Waals surface area (Å²) in [6.07, 6.45) is 0. The highest BCUT2D eigenvalue weighted by molar-refractivity contribution is 7.94. The van der Waals surface area contributed by atoms with Crippen molar-refractivity contribution in [2.24, 2.45) is 0 Å². The summed E-state index contributed by atoms with van der Waals surface area (Å²) in [7, 11) is -7.23. The molecular weight excluding hydrogens is 470 g/mol. The molecule has 1 aromatic heterocycles. The van der Waals surface area contributed by atoms with Crippen molar-refractivity contribution in [1.82, 2.24) is 4.31 Å². The maximum absolute atomic E-state index is 12.5. The largest absolute Gasteiger partial charge is 0.322 e. The van der Waals surface area contributed by atoms with Gasteiger partial charge in [0, 0.05) is 30.0 Å². The molecule has 32 heavy (non-hydrogen) atoms. The maximum Gasteiger partial charge on any atom is 0.271 e. The van der Waals surface area contributed by atoms with Gasteiger partial charge in [-0.15, -0.1) is 11.3 Å². The number of nitrogens with one attached hydrogen (secondary N) is 2. The zero-order chi connectivity index (χ0) is 23.4. The summed E-state index contributed by atoms with van der Waals surface area (Å²) in [5.41, 5.74) is 1.10. The lowest BCUT2D eigenvalue weighted by atomic mass is 10.2. The third-order valence-electron chi connectivity index (χ3n) is 4.61. The van der Waals surface area contributed by atoms with Gasteiger partial charge in [-0.05, 0) is 60.0 Å². The number of amides is 1.